The van der Waals surface area contributed by atoms with Crippen LogP contribution in [0, 0.1) is 0 Å². The molecule has 3 heterocycles. The van der Waals surface area contributed by atoms with Gasteiger partial charge in [-0.25, -0.2) is 9.97 Å². The summed E-state index contributed by atoms with van der Waals surface area (Å²) in [6.45, 7) is 0. The zero-order valence-corrected chi connectivity index (χ0v) is 11.6. The van der Waals surface area contributed by atoms with E-state index in [9.17, 15) is 0 Å². The van der Waals surface area contributed by atoms with Gasteiger partial charge in [0.25, 0.3) is 0 Å². The summed E-state index contributed by atoms with van der Waals surface area (Å²) < 4.78 is 1.61. The maximum Gasteiger partial charge on any atom is 0.171 e. The lowest BCUT2D eigenvalue weighted by Gasteiger charge is -2.08. The second kappa shape index (κ2) is 4.32. The molecule has 4 rings (SSSR count). The quantitative estimate of drug-likeness (QED) is 0.490. The van der Waals surface area contributed by atoms with Crippen molar-refractivity contribution in [2.45, 2.75) is 0 Å². The molecule has 0 radical (unpaired) electrons. The first kappa shape index (κ1) is 12.4. The molecule has 0 saturated carbocycles. The number of hydrogen-bond acceptors (Lipinski definition) is 6. The number of rotatable bonds is 1. The minimum absolute atomic E-state index is 0.310. The van der Waals surface area contributed by atoms with E-state index < -0.39 is 0 Å². The van der Waals surface area contributed by atoms with Crippen molar-refractivity contribution in [3.63, 3.8) is 0 Å². The molecule has 108 valence electrons. The Morgan fingerprint density at radius 3 is 2.45 bits per heavy atom. The Kier molecular flexibility index (Phi) is 2.43. The van der Waals surface area contributed by atoms with Gasteiger partial charge in [-0.3, -0.25) is 0 Å². The molecule has 22 heavy (non-hydrogen) atoms. The van der Waals surface area contributed by atoms with Crippen LogP contribution in [0.1, 0.15) is 0 Å². The fourth-order valence-electron chi connectivity index (χ4n) is 2.58. The first-order valence-corrected chi connectivity index (χ1v) is 6.69. The molecule has 0 bridgehead atoms. The molecule has 7 heteroatoms. The van der Waals surface area contributed by atoms with E-state index in [1.807, 2.05) is 30.3 Å². The van der Waals surface area contributed by atoms with Crippen molar-refractivity contribution in [3.8, 4) is 11.1 Å². The zero-order chi connectivity index (χ0) is 15.3. The van der Waals surface area contributed by atoms with E-state index in [0.29, 0.717) is 34.0 Å². The third kappa shape index (κ3) is 1.65. The lowest BCUT2D eigenvalue weighted by molar-refractivity contribution is 0.967. The van der Waals surface area contributed by atoms with Gasteiger partial charge in [-0.15, -0.1) is 0 Å². The van der Waals surface area contributed by atoms with E-state index in [1.54, 1.807) is 16.8 Å². The number of anilines is 3. The zero-order valence-electron chi connectivity index (χ0n) is 11.6. The minimum Gasteiger partial charge on any atom is -0.398 e. The summed E-state index contributed by atoms with van der Waals surface area (Å²) in [6, 6.07) is 11.4. The molecule has 0 unspecified atom stereocenters. The maximum absolute atomic E-state index is 6.07. The van der Waals surface area contributed by atoms with Crippen molar-refractivity contribution in [3.05, 3.63) is 42.6 Å². The lowest BCUT2D eigenvalue weighted by atomic mass is 10.1. The third-order valence-electron chi connectivity index (χ3n) is 3.56. The number of nitrogens with two attached hydrogens (primary N) is 3. The molecule has 0 aliphatic heterocycles. The van der Waals surface area contributed by atoms with E-state index in [0.717, 1.165) is 11.1 Å². The van der Waals surface area contributed by atoms with Crippen molar-refractivity contribution < 1.29 is 0 Å². The van der Waals surface area contributed by atoms with Crippen LogP contribution in [0.15, 0.2) is 42.6 Å². The van der Waals surface area contributed by atoms with Crippen molar-refractivity contribution in [2.75, 3.05) is 17.2 Å². The minimum atomic E-state index is 0.310. The number of pyridine rings is 1. The summed E-state index contributed by atoms with van der Waals surface area (Å²) in [5.41, 5.74) is 21.3. The average Bonchev–Trinajstić information content (AvgIpc) is 2.91. The van der Waals surface area contributed by atoms with Gasteiger partial charge < -0.3 is 17.2 Å². The molecule has 0 spiro atoms. The number of nitrogen functional groups attached to an aromatic ring is 3. The van der Waals surface area contributed by atoms with Gasteiger partial charge in [0.2, 0.25) is 0 Å². The first-order valence-electron chi connectivity index (χ1n) is 6.69. The van der Waals surface area contributed by atoms with Crippen LogP contribution in [-0.2, 0) is 0 Å². The van der Waals surface area contributed by atoms with Crippen LogP contribution < -0.4 is 17.2 Å². The van der Waals surface area contributed by atoms with Crippen molar-refractivity contribution in [2.24, 2.45) is 0 Å². The average molecular weight is 291 g/mol. The van der Waals surface area contributed by atoms with Gasteiger partial charge in [-0.1, -0.05) is 30.3 Å². The molecule has 4 aromatic rings. The third-order valence-corrected chi connectivity index (χ3v) is 3.56. The van der Waals surface area contributed by atoms with Gasteiger partial charge in [0.15, 0.2) is 11.3 Å². The highest BCUT2D eigenvalue weighted by Crippen LogP contribution is 2.30. The summed E-state index contributed by atoms with van der Waals surface area (Å²) in [6.07, 6.45) is 1.73. The van der Waals surface area contributed by atoms with Crippen LogP contribution in [0.25, 0.3) is 27.8 Å². The second-order valence-electron chi connectivity index (χ2n) is 4.99. The fraction of sp³-hybridized carbons (Fsp3) is 0. The van der Waals surface area contributed by atoms with Crippen molar-refractivity contribution >= 4 is 34.0 Å². The predicted molar refractivity (Wildman–Crippen MR) is 87.0 cm³/mol. The lowest BCUT2D eigenvalue weighted by Crippen LogP contribution is -2.05. The molecule has 0 aliphatic carbocycles. The monoisotopic (exact) mass is 291 g/mol. The van der Waals surface area contributed by atoms with Crippen LogP contribution in [0.5, 0.6) is 0 Å². The topological polar surface area (TPSA) is 121 Å². The normalized spacial score (nSPS) is 11.3. The van der Waals surface area contributed by atoms with Gasteiger partial charge in [0.1, 0.15) is 11.6 Å². The molecular weight excluding hydrogens is 278 g/mol. The molecule has 0 amide bonds. The van der Waals surface area contributed by atoms with Gasteiger partial charge >= 0.3 is 0 Å². The Morgan fingerprint density at radius 2 is 1.68 bits per heavy atom. The summed E-state index contributed by atoms with van der Waals surface area (Å²) >= 11 is 0. The molecule has 3 aromatic heterocycles. The van der Waals surface area contributed by atoms with Crippen LogP contribution >= 0.6 is 0 Å². The van der Waals surface area contributed by atoms with Crippen molar-refractivity contribution in [1.29, 1.82) is 0 Å². The molecule has 6 N–H and O–H groups in total. The molecule has 7 nitrogen and oxygen atoms in total. The first-order chi connectivity index (χ1) is 10.6. The molecule has 0 aliphatic rings. The Hall–Kier alpha value is -3.35. The van der Waals surface area contributed by atoms with Gasteiger partial charge in [-0.2, -0.15) is 9.61 Å². The molecule has 1 aromatic carbocycles. The van der Waals surface area contributed by atoms with Gasteiger partial charge in [0, 0.05) is 11.6 Å². The van der Waals surface area contributed by atoms with Gasteiger partial charge in [0.05, 0.1) is 17.3 Å². The maximum atomic E-state index is 6.07. The number of nitrogens with zero attached hydrogens (tertiary/aromatic N) is 4. The Balaban J connectivity index is 2.14. The number of fused-ring (bicyclic) bond motifs is 3. The highest BCUT2D eigenvalue weighted by atomic mass is 15.3. The van der Waals surface area contributed by atoms with Crippen LogP contribution in [-0.4, -0.2) is 19.6 Å². The Labute approximate surface area is 125 Å². The van der Waals surface area contributed by atoms with E-state index in [2.05, 4.69) is 15.1 Å². The van der Waals surface area contributed by atoms with Crippen LogP contribution in [0.3, 0.4) is 0 Å². The van der Waals surface area contributed by atoms with Crippen LogP contribution in [0.2, 0.25) is 0 Å². The summed E-state index contributed by atoms with van der Waals surface area (Å²) in [5.74, 6) is 0.624. The number of hydrogen-bond donors (Lipinski definition) is 3. The molecular formula is C15H13N7. The van der Waals surface area contributed by atoms with Crippen LogP contribution in [0.4, 0.5) is 17.3 Å². The Morgan fingerprint density at radius 1 is 0.909 bits per heavy atom. The fourth-order valence-corrected chi connectivity index (χ4v) is 2.58. The number of benzene rings is 1. The predicted octanol–water partition coefficient (Wildman–Crippen LogP) is 1.69. The smallest absolute Gasteiger partial charge is 0.171 e. The summed E-state index contributed by atoms with van der Waals surface area (Å²) in [7, 11) is 0. The van der Waals surface area contributed by atoms with Crippen molar-refractivity contribution in [1.82, 2.24) is 19.6 Å². The second-order valence-corrected chi connectivity index (χ2v) is 4.99. The molecule has 0 saturated heterocycles. The SMILES string of the molecule is Nc1cc(N)c2c(N)nc3c(-c4ccccc4)cnn3c2n1. The summed E-state index contributed by atoms with van der Waals surface area (Å²) in [5, 5.41) is 4.93. The molecule has 0 fully saturated rings. The largest absolute Gasteiger partial charge is 0.398 e. The van der Waals surface area contributed by atoms with E-state index in [-0.39, 0.29) is 0 Å². The molecule has 0 atom stereocenters. The number of aromatic nitrogens is 4. The Bertz CT molecular complexity index is 1000. The standard InChI is InChI=1S/C15H13N7/c16-10-6-11(17)20-15-12(10)13(18)21-14-9(7-19-22(14)15)8-4-2-1-3-5-8/h1-7H,(H2,18,21)(H4,16,17,20). The van der Waals surface area contributed by atoms with E-state index in [4.69, 9.17) is 17.2 Å². The van der Waals surface area contributed by atoms with Gasteiger partial charge in [-0.05, 0) is 5.56 Å². The highest BCUT2D eigenvalue weighted by Gasteiger charge is 2.16. The van der Waals surface area contributed by atoms with E-state index in [1.165, 1.54) is 0 Å². The summed E-state index contributed by atoms with van der Waals surface area (Å²) in [4.78, 5) is 8.76. The highest BCUT2D eigenvalue weighted by molar-refractivity contribution is 5.99. The van der Waals surface area contributed by atoms with E-state index >= 15 is 0 Å².